The molecular formula is C25H27FN4O7S3. The molecule has 214 valence electrons. The van der Waals surface area contributed by atoms with E-state index in [4.69, 9.17) is 4.74 Å². The minimum atomic E-state index is -4.35. The fourth-order valence-corrected chi connectivity index (χ4v) is 9.76. The molecule has 1 aromatic carbocycles. The zero-order valence-electron chi connectivity index (χ0n) is 21.6. The quantitative estimate of drug-likeness (QED) is 0.453. The second kappa shape index (κ2) is 9.60. The number of benzene rings is 1. The first-order chi connectivity index (χ1) is 18.9. The Kier molecular flexibility index (Phi) is 6.55. The van der Waals surface area contributed by atoms with E-state index in [1.165, 1.54) is 24.6 Å². The summed E-state index contributed by atoms with van der Waals surface area (Å²) in [4.78, 5) is 29.4. The van der Waals surface area contributed by atoms with Crippen molar-refractivity contribution in [2.75, 3.05) is 18.7 Å². The predicted molar refractivity (Wildman–Crippen MR) is 144 cm³/mol. The highest BCUT2D eigenvalue weighted by molar-refractivity contribution is 7.91. The Bertz CT molecular complexity index is 1670. The lowest BCUT2D eigenvalue weighted by Gasteiger charge is -2.45. The molecule has 40 heavy (non-hydrogen) atoms. The number of rotatable bonds is 7. The summed E-state index contributed by atoms with van der Waals surface area (Å²) in [6.45, 7) is -0.144. The molecule has 2 aliphatic carbocycles. The molecule has 3 fully saturated rings. The number of likely N-dealkylation sites (tertiary alicyclic amines) is 1. The van der Waals surface area contributed by atoms with Crippen LogP contribution >= 0.6 is 11.3 Å². The summed E-state index contributed by atoms with van der Waals surface area (Å²) in [5, 5.41) is 4.57. The van der Waals surface area contributed by atoms with Crippen molar-refractivity contribution in [2.24, 2.45) is 28.1 Å². The average molecular weight is 611 g/mol. The summed E-state index contributed by atoms with van der Waals surface area (Å²) < 4.78 is 75.0. The molecule has 1 aromatic heterocycles. The molecule has 4 aliphatic rings. The molecule has 6 rings (SSSR count). The molecule has 2 saturated carbocycles. The number of nitrogens with one attached hydrogen (secondary N) is 2. The van der Waals surface area contributed by atoms with Gasteiger partial charge in [-0.2, -0.15) is 8.42 Å². The van der Waals surface area contributed by atoms with E-state index < -0.39 is 43.6 Å². The van der Waals surface area contributed by atoms with Gasteiger partial charge in [-0.25, -0.2) is 17.5 Å². The zero-order valence-corrected chi connectivity index (χ0v) is 24.0. The van der Waals surface area contributed by atoms with E-state index in [2.05, 4.69) is 14.4 Å². The van der Waals surface area contributed by atoms with Gasteiger partial charge in [0.2, 0.25) is 15.9 Å². The van der Waals surface area contributed by atoms with E-state index >= 15 is 0 Å². The lowest BCUT2D eigenvalue weighted by molar-refractivity contribution is -0.153. The standard InChI is InChI=1S/C25H27FN4O7S3/c1-37-17-7-12(3-6-16(17)26)10-30-20-14-5-4-13(8-14)18(20)21(31)19(25(30)32)23-28-24-22(40(35,36)29-23)15(11-38-24)9-27-39(2,33)34/h3,6-7,11,13-14,18-20,27H,4-5,8-10H2,1-2H3,(H,28,29)/t13-,14+,18-,19?,20+/m1/s1. The predicted octanol–water partition coefficient (Wildman–Crippen LogP) is 2.10. The van der Waals surface area contributed by atoms with Gasteiger partial charge in [0.25, 0.3) is 10.0 Å². The van der Waals surface area contributed by atoms with Crippen LogP contribution in [0.5, 0.6) is 5.75 Å². The van der Waals surface area contributed by atoms with Crippen molar-refractivity contribution >= 4 is 53.9 Å². The van der Waals surface area contributed by atoms with Crippen molar-refractivity contribution in [1.29, 1.82) is 0 Å². The van der Waals surface area contributed by atoms with E-state index in [1.807, 2.05) is 0 Å². The Morgan fingerprint density at radius 3 is 2.73 bits per heavy atom. The van der Waals surface area contributed by atoms with Gasteiger partial charge >= 0.3 is 0 Å². The number of anilines is 1. The summed E-state index contributed by atoms with van der Waals surface area (Å²) in [7, 11) is -6.57. The number of hydrogen-bond donors (Lipinski definition) is 2. The van der Waals surface area contributed by atoms with Gasteiger partial charge in [0.15, 0.2) is 23.3 Å². The van der Waals surface area contributed by atoms with Gasteiger partial charge in [-0.1, -0.05) is 6.07 Å². The summed E-state index contributed by atoms with van der Waals surface area (Å²) in [6, 6.07) is 4.01. The number of halogens is 1. The molecular weight excluding hydrogens is 583 g/mol. The SMILES string of the molecule is COc1cc(CN2C(=O)C(C3=NS(=O)(=O)c4c(CNS(C)(=O)=O)csc4N3)C(=O)[C@@H]3[C@@H]4CC[C@@H](C4)[C@@H]32)ccc1F. The number of fused-ring (bicyclic) bond motifs is 6. The number of piperidine rings is 1. The topological polar surface area (TPSA) is 151 Å². The highest BCUT2D eigenvalue weighted by Gasteiger charge is 2.60. The summed E-state index contributed by atoms with van der Waals surface area (Å²) >= 11 is 1.02. The number of thiophene rings is 1. The number of ether oxygens (including phenoxy) is 1. The van der Waals surface area contributed by atoms with Crippen LogP contribution in [0, 0.1) is 29.5 Å². The molecule has 2 aliphatic heterocycles. The number of amidine groups is 1. The third-order valence-corrected chi connectivity index (χ3v) is 11.4. The van der Waals surface area contributed by atoms with Crippen LogP contribution in [0.3, 0.4) is 0 Å². The molecule has 0 spiro atoms. The van der Waals surface area contributed by atoms with Crippen molar-refractivity contribution in [3.05, 3.63) is 40.5 Å². The summed E-state index contributed by atoms with van der Waals surface area (Å²) in [6.07, 6.45) is 3.54. The highest BCUT2D eigenvalue weighted by Crippen LogP contribution is 2.54. The molecule has 1 amide bonds. The fourth-order valence-electron chi connectivity index (χ4n) is 6.69. The molecule has 3 heterocycles. The Hall–Kier alpha value is -2.88. The Balaban J connectivity index is 1.36. The van der Waals surface area contributed by atoms with Gasteiger partial charge in [0.1, 0.15) is 15.7 Å². The van der Waals surface area contributed by atoms with Gasteiger partial charge < -0.3 is 15.0 Å². The van der Waals surface area contributed by atoms with Crippen LogP contribution < -0.4 is 14.8 Å². The van der Waals surface area contributed by atoms with Gasteiger partial charge in [0.05, 0.1) is 13.4 Å². The van der Waals surface area contributed by atoms with Crippen LogP contribution in [0.4, 0.5) is 9.39 Å². The van der Waals surface area contributed by atoms with Crippen molar-refractivity contribution in [2.45, 2.75) is 43.3 Å². The van der Waals surface area contributed by atoms with E-state index in [9.17, 15) is 30.8 Å². The fraction of sp³-hybridized carbons (Fsp3) is 0.480. The van der Waals surface area contributed by atoms with Crippen LogP contribution in [-0.4, -0.2) is 58.7 Å². The van der Waals surface area contributed by atoms with Crippen LogP contribution in [0.1, 0.15) is 30.4 Å². The lowest BCUT2D eigenvalue weighted by atomic mass is 9.73. The third kappa shape index (κ3) is 4.52. The van der Waals surface area contributed by atoms with Crippen LogP contribution in [-0.2, 0) is 42.7 Å². The van der Waals surface area contributed by atoms with Gasteiger partial charge in [-0.05, 0) is 54.2 Å². The van der Waals surface area contributed by atoms with Gasteiger partial charge in [-0.3, -0.25) is 9.59 Å². The Morgan fingerprint density at radius 1 is 1.25 bits per heavy atom. The number of amides is 1. The molecule has 5 atom stereocenters. The van der Waals surface area contributed by atoms with Crippen LogP contribution in [0.25, 0.3) is 0 Å². The first kappa shape index (κ1) is 27.3. The average Bonchev–Trinajstić information content (AvgIpc) is 3.61. The number of Topliss-reactive ketones (excluding diaryl/α,β-unsaturated/α-hetero) is 1. The molecule has 1 unspecified atom stereocenters. The van der Waals surface area contributed by atoms with Crippen molar-refractivity contribution < 1.29 is 35.6 Å². The van der Waals surface area contributed by atoms with Crippen LogP contribution in [0.2, 0.25) is 0 Å². The van der Waals surface area contributed by atoms with Crippen molar-refractivity contribution in [1.82, 2.24) is 9.62 Å². The minimum absolute atomic E-state index is 0.0369. The van der Waals surface area contributed by atoms with E-state index in [0.29, 0.717) is 5.56 Å². The number of nitrogens with zero attached hydrogens (tertiary/aromatic N) is 2. The maximum Gasteiger partial charge on any atom is 0.287 e. The zero-order chi connectivity index (χ0) is 28.6. The number of ketones is 1. The Morgan fingerprint density at radius 2 is 2.00 bits per heavy atom. The maximum atomic E-state index is 14.1. The largest absolute Gasteiger partial charge is 0.494 e. The lowest BCUT2D eigenvalue weighted by Crippen LogP contribution is -2.61. The van der Waals surface area contributed by atoms with E-state index in [0.717, 1.165) is 36.9 Å². The first-order valence-electron chi connectivity index (χ1n) is 12.7. The molecule has 1 saturated heterocycles. The van der Waals surface area contributed by atoms with Gasteiger partial charge in [0, 0.05) is 30.6 Å². The van der Waals surface area contributed by atoms with E-state index in [1.54, 1.807) is 11.0 Å². The summed E-state index contributed by atoms with van der Waals surface area (Å²) in [5.41, 5.74) is 0.832. The molecule has 2 bridgehead atoms. The maximum absolute atomic E-state index is 14.1. The number of hydrogen-bond acceptors (Lipinski definition) is 9. The second-order valence-corrected chi connectivity index (χ2v) is 15.0. The molecule has 11 nitrogen and oxygen atoms in total. The molecule has 2 aromatic rings. The summed E-state index contributed by atoms with van der Waals surface area (Å²) in [5.74, 6) is -3.28. The Labute approximate surface area is 234 Å². The van der Waals surface area contributed by atoms with Crippen molar-refractivity contribution in [3.63, 3.8) is 0 Å². The first-order valence-corrected chi connectivity index (χ1v) is 16.9. The number of carbonyl (C=O) groups is 2. The number of carbonyl (C=O) groups excluding carboxylic acids is 2. The molecule has 2 N–H and O–H groups in total. The monoisotopic (exact) mass is 610 g/mol. The molecule has 0 radical (unpaired) electrons. The highest BCUT2D eigenvalue weighted by atomic mass is 32.2. The van der Waals surface area contributed by atoms with E-state index in [-0.39, 0.29) is 63.8 Å². The van der Waals surface area contributed by atoms with Crippen molar-refractivity contribution in [3.8, 4) is 5.75 Å². The third-order valence-electron chi connectivity index (χ3n) is 8.28. The van der Waals surface area contributed by atoms with Gasteiger partial charge in [-0.15, -0.1) is 15.7 Å². The second-order valence-electron chi connectivity index (χ2n) is 10.7. The number of sulfonamides is 2. The smallest absolute Gasteiger partial charge is 0.287 e. The van der Waals surface area contributed by atoms with Crippen LogP contribution in [0.15, 0.2) is 32.9 Å². The number of methoxy groups -OCH3 is 1. The minimum Gasteiger partial charge on any atom is -0.494 e. The normalized spacial score (nSPS) is 28.6. The molecule has 15 heteroatoms.